The van der Waals surface area contributed by atoms with Gasteiger partial charge in [0, 0.05) is 21.7 Å². The number of carbonyl (C=O) groups excluding carboxylic acids is 1. The fourth-order valence-electron chi connectivity index (χ4n) is 2.74. The van der Waals surface area contributed by atoms with E-state index in [-0.39, 0.29) is 5.78 Å². The largest absolute Gasteiger partial charge is 0.294 e. The minimum Gasteiger partial charge on any atom is -0.294 e. The van der Waals surface area contributed by atoms with E-state index in [1.807, 2.05) is 67.6 Å². The van der Waals surface area contributed by atoms with Crippen LogP contribution in [-0.2, 0) is 0 Å². The molecule has 0 spiro atoms. The van der Waals surface area contributed by atoms with E-state index in [4.69, 9.17) is 11.6 Å². The van der Waals surface area contributed by atoms with E-state index in [9.17, 15) is 4.79 Å². The molecule has 3 rings (SSSR count). The summed E-state index contributed by atoms with van der Waals surface area (Å²) < 4.78 is 0. The quantitative estimate of drug-likeness (QED) is 0.590. The predicted molar refractivity (Wildman–Crippen MR) is 96.9 cm³/mol. The zero-order chi connectivity index (χ0) is 16.4. The molecule has 0 unspecified atom stereocenters. The number of ketones is 1. The Hall–Kier alpha value is -2.45. The van der Waals surface area contributed by atoms with Gasteiger partial charge in [-0.1, -0.05) is 54.1 Å². The van der Waals surface area contributed by atoms with Crippen LogP contribution >= 0.6 is 11.6 Å². The highest BCUT2D eigenvalue weighted by atomic mass is 35.5. The van der Waals surface area contributed by atoms with E-state index in [1.54, 1.807) is 6.92 Å². The summed E-state index contributed by atoms with van der Waals surface area (Å²) in [7, 11) is 0. The first-order valence-corrected chi connectivity index (χ1v) is 7.78. The summed E-state index contributed by atoms with van der Waals surface area (Å²) in [6.45, 7) is 3.46. The second-order valence-electron chi connectivity index (χ2n) is 5.44. The fraction of sp³-hybridized carbons (Fsp3) is 0.100. The molecule has 0 aliphatic carbocycles. The predicted octanol–water partition coefficient (Wildman–Crippen LogP) is 5.57. The molecule has 0 saturated heterocycles. The van der Waals surface area contributed by atoms with Gasteiger partial charge in [-0.3, -0.25) is 9.78 Å². The Balaban J connectivity index is 2.19. The van der Waals surface area contributed by atoms with Crippen molar-refractivity contribution in [3.8, 4) is 0 Å². The third-order valence-electron chi connectivity index (χ3n) is 3.78. The number of nitrogens with zero attached hydrogens (tertiary/aromatic N) is 1. The molecule has 0 atom stereocenters. The molecule has 1 heterocycles. The van der Waals surface area contributed by atoms with Crippen molar-refractivity contribution in [2.45, 2.75) is 13.8 Å². The number of hydrogen-bond donors (Lipinski definition) is 0. The van der Waals surface area contributed by atoms with E-state index in [0.29, 0.717) is 10.6 Å². The number of para-hydroxylation sites is 1. The normalized spacial score (nSPS) is 11.3. The van der Waals surface area contributed by atoms with Gasteiger partial charge in [-0.05, 0) is 43.2 Å². The number of fused-ring (bicyclic) bond motifs is 1. The van der Waals surface area contributed by atoms with Gasteiger partial charge in [0.15, 0.2) is 5.78 Å². The number of hydrogen-bond acceptors (Lipinski definition) is 2. The highest BCUT2D eigenvalue weighted by Crippen LogP contribution is 2.26. The van der Waals surface area contributed by atoms with Crippen molar-refractivity contribution in [3.05, 3.63) is 75.9 Å². The molecule has 23 heavy (non-hydrogen) atoms. The van der Waals surface area contributed by atoms with Crippen molar-refractivity contribution in [2.75, 3.05) is 0 Å². The van der Waals surface area contributed by atoms with Crippen molar-refractivity contribution >= 4 is 40.4 Å². The summed E-state index contributed by atoms with van der Waals surface area (Å²) in [4.78, 5) is 16.6. The van der Waals surface area contributed by atoms with Gasteiger partial charge in [-0.15, -0.1) is 0 Å². The molecule has 114 valence electrons. The van der Waals surface area contributed by atoms with Gasteiger partial charge >= 0.3 is 0 Å². The van der Waals surface area contributed by atoms with Crippen LogP contribution in [0.4, 0.5) is 0 Å². The molecule has 0 N–H and O–H groups in total. The third kappa shape index (κ3) is 3.17. The Morgan fingerprint density at radius 2 is 1.74 bits per heavy atom. The molecule has 0 aliphatic rings. The summed E-state index contributed by atoms with van der Waals surface area (Å²) in [6.07, 6.45) is 3.97. The fourth-order valence-corrected chi connectivity index (χ4v) is 2.86. The lowest BCUT2D eigenvalue weighted by Gasteiger charge is -2.10. The van der Waals surface area contributed by atoms with Crippen molar-refractivity contribution in [3.63, 3.8) is 0 Å². The Morgan fingerprint density at radius 1 is 1.04 bits per heavy atom. The molecular formula is C20H16ClNO. The van der Waals surface area contributed by atoms with Gasteiger partial charge in [-0.25, -0.2) is 0 Å². The molecule has 1 aromatic heterocycles. The Morgan fingerprint density at radius 3 is 2.43 bits per heavy atom. The van der Waals surface area contributed by atoms with E-state index >= 15 is 0 Å². The van der Waals surface area contributed by atoms with Crippen molar-refractivity contribution in [1.82, 2.24) is 4.98 Å². The van der Waals surface area contributed by atoms with Crippen LogP contribution in [0, 0.1) is 6.92 Å². The first-order chi connectivity index (χ1) is 11.1. The monoisotopic (exact) mass is 321 g/mol. The minimum atomic E-state index is 0.0245. The zero-order valence-electron chi connectivity index (χ0n) is 13.0. The molecule has 0 fully saturated rings. The van der Waals surface area contributed by atoms with Crippen LogP contribution in [0.2, 0.25) is 5.02 Å². The van der Waals surface area contributed by atoms with Gasteiger partial charge in [0.1, 0.15) is 0 Å². The first-order valence-electron chi connectivity index (χ1n) is 7.40. The second-order valence-corrected chi connectivity index (χ2v) is 5.88. The maximum atomic E-state index is 12.1. The molecular weight excluding hydrogens is 306 g/mol. The van der Waals surface area contributed by atoms with Crippen molar-refractivity contribution < 1.29 is 4.79 Å². The maximum absolute atomic E-state index is 12.1. The Labute approximate surface area is 140 Å². The number of carbonyl (C=O) groups is 1. The minimum absolute atomic E-state index is 0.0245. The standard InChI is InChI=1S/C20H16ClNO/c1-13-20(14(2)23)18(17-5-3-4-6-19(17)22-13)12-9-15-7-10-16(21)11-8-15/h3-12H,1-2H3/b12-9+. The molecule has 2 aromatic carbocycles. The molecule has 0 bridgehead atoms. The molecule has 0 saturated carbocycles. The van der Waals surface area contributed by atoms with Gasteiger partial charge in [0.05, 0.1) is 5.52 Å². The molecule has 3 heteroatoms. The number of aryl methyl sites for hydroxylation is 1. The van der Waals surface area contributed by atoms with E-state index in [2.05, 4.69) is 4.98 Å². The van der Waals surface area contributed by atoms with Crippen LogP contribution in [0.25, 0.3) is 23.1 Å². The summed E-state index contributed by atoms with van der Waals surface area (Å²) in [6, 6.07) is 15.5. The van der Waals surface area contributed by atoms with Crippen LogP contribution in [-0.4, -0.2) is 10.8 Å². The number of halogens is 1. The summed E-state index contributed by atoms with van der Waals surface area (Å²) in [5, 5.41) is 1.69. The Bertz CT molecular complexity index is 911. The van der Waals surface area contributed by atoms with Gasteiger partial charge in [-0.2, -0.15) is 0 Å². The number of aromatic nitrogens is 1. The van der Waals surface area contributed by atoms with Crippen molar-refractivity contribution in [1.29, 1.82) is 0 Å². The topological polar surface area (TPSA) is 30.0 Å². The lowest BCUT2D eigenvalue weighted by Crippen LogP contribution is -2.03. The zero-order valence-corrected chi connectivity index (χ0v) is 13.8. The van der Waals surface area contributed by atoms with E-state index in [0.717, 1.165) is 27.7 Å². The SMILES string of the molecule is CC(=O)c1c(C)nc2ccccc2c1/C=C/c1ccc(Cl)cc1. The Kier molecular flexibility index (Phi) is 4.26. The average Bonchev–Trinajstić information content (AvgIpc) is 2.53. The van der Waals surface area contributed by atoms with Crippen LogP contribution in [0.15, 0.2) is 48.5 Å². The maximum Gasteiger partial charge on any atom is 0.162 e. The van der Waals surface area contributed by atoms with E-state index in [1.165, 1.54) is 0 Å². The highest BCUT2D eigenvalue weighted by molar-refractivity contribution is 6.30. The molecule has 0 amide bonds. The molecule has 0 radical (unpaired) electrons. The first kappa shape index (κ1) is 15.4. The lowest BCUT2D eigenvalue weighted by atomic mass is 9.97. The summed E-state index contributed by atoms with van der Waals surface area (Å²) in [5.74, 6) is 0.0245. The number of benzene rings is 2. The van der Waals surface area contributed by atoms with Crippen LogP contribution in [0.1, 0.15) is 34.1 Å². The van der Waals surface area contributed by atoms with Gasteiger partial charge < -0.3 is 0 Å². The lowest BCUT2D eigenvalue weighted by molar-refractivity contribution is 0.101. The number of rotatable bonds is 3. The van der Waals surface area contributed by atoms with Crippen LogP contribution < -0.4 is 0 Å². The molecule has 0 aliphatic heterocycles. The van der Waals surface area contributed by atoms with Crippen LogP contribution in [0.5, 0.6) is 0 Å². The third-order valence-corrected chi connectivity index (χ3v) is 4.03. The van der Waals surface area contributed by atoms with Crippen molar-refractivity contribution in [2.24, 2.45) is 0 Å². The molecule has 3 aromatic rings. The van der Waals surface area contributed by atoms with Gasteiger partial charge in [0.2, 0.25) is 0 Å². The second kappa shape index (κ2) is 6.35. The number of pyridine rings is 1. The smallest absolute Gasteiger partial charge is 0.162 e. The van der Waals surface area contributed by atoms with Gasteiger partial charge in [0.25, 0.3) is 0 Å². The highest BCUT2D eigenvalue weighted by Gasteiger charge is 2.13. The number of Topliss-reactive ketones (excluding diaryl/α,β-unsaturated/α-hetero) is 1. The van der Waals surface area contributed by atoms with E-state index < -0.39 is 0 Å². The summed E-state index contributed by atoms with van der Waals surface area (Å²) >= 11 is 5.92. The average molecular weight is 322 g/mol. The summed E-state index contributed by atoms with van der Waals surface area (Å²) in [5.41, 5.74) is 4.27. The van der Waals surface area contributed by atoms with Crippen LogP contribution in [0.3, 0.4) is 0 Å². The molecule has 2 nitrogen and oxygen atoms in total.